The van der Waals surface area contributed by atoms with E-state index >= 15 is 0 Å². The summed E-state index contributed by atoms with van der Waals surface area (Å²) in [6.07, 6.45) is 6.16. The van der Waals surface area contributed by atoms with E-state index < -0.39 is 0 Å². The lowest BCUT2D eigenvalue weighted by Crippen LogP contribution is -2.40. The van der Waals surface area contributed by atoms with Crippen molar-refractivity contribution in [3.05, 3.63) is 65.4 Å². The molecule has 1 aliphatic heterocycles. The predicted molar refractivity (Wildman–Crippen MR) is 139 cm³/mol. The molecular formula is C29H35N3O3. The topological polar surface area (TPSA) is 72.4 Å². The largest absolute Gasteiger partial charge is 0.373 e. The number of carbonyl (C=O) groups is 2. The van der Waals surface area contributed by atoms with E-state index in [1.165, 1.54) is 5.56 Å². The van der Waals surface area contributed by atoms with Gasteiger partial charge in [-0.3, -0.25) is 9.59 Å². The number of nitrogens with one attached hydrogen (secondary N) is 2. The number of benzene rings is 2. The van der Waals surface area contributed by atoms with Crippen LogP contribution in [0.15, 0.2) is 48.5 Å². The number of rotatable bonds is 7. The highest BCUT2D eigenvalue weighted by Crippen LogP contribution is 2.29. The maximum Gasteiger partial charge on any atom is 0.268 e. The first-order valence-corrected chi connectivity index (χ1v) is 12.8. The van der Waals surface area contributed by atoms with Crippen molar-refractivity contribution >= 4 is 28.4 Å². The summed E-state index contributed by atoms with van der Waals surface area (Å²) in [5.74, 6) is 0.100. The fourth-order valence-electron chi connectivity index (χ4n) is 5.47. The minimum absolute atomic E-state index is 0.101. The van der Waals surface area contributed by atoms with Crippen LogP contribution < -0.4 is 10.6 Å². The Hall–Kier alpha value is -3.12. The lowest BCUT2D eigenvalue weighted by molar-refractivity contribution is -0.119. The number of fused-ring (bicyclic) bond motifs is 1. The van der Waals surface area contributed by atoms with Crippen LogP contribution in [0, 0.1) is 12.8 Å². The van der Waals surface area contributed by atoms with E-state index in [0.29, 0.717) is 18.8 Å². The Morgan fingerprint density at radius 3 is 2.66 bits per heavy atom. The molecule has 0 spiro atoms. The number of nitrogens with zero attached hydrogens (tertiary/aromatic N) is 1. The van der Waals surface area contributed by atoms with E-state index in [4.69, 9.17) is 4.74 Å². The summed E-state index contributed by atoms with van der Waals surface area (Å²) in [5, 5.41) is 7.14. The first-order chi connectivity index (χ1) is 16.9. The molecule has 35 heavy (non-hydrogen) atoms. The van der Waals surface area contributed by atoms with Gasteiger partial charge in [0.25, 0.3) is 5.91 Å². The second kappa shape index (κ2) is 9.86. The van der Waals surface area contributed by atoms with Gasteiger partial charge in [0.1, 0.15) is 5.69 Å². The highest BCUT2D eigenvalue weighted by atomic mass is 16.5. The number of carbonyl (C=O) groups excluding carboxylic acids is 2. The van der Waals surface area contributed by atoms with Crippen molar-refractivity contribution in [2.24, 2.45) is 5.92 Å². The van der Waals surface area contributed by atoms with Crippen molar-refractivity contribution in [2.75, 3.05) is 18.5 Å². The maximum absolute atomic E-state index is 13.4. The van der Waals surface area contributed by atoms with Crippen molar-refractivity contribution in [3.8, 4) is 0 Å². The monoisotopic (exact) mass is 473 g/mol. The van der Waals surface area contributed by atoms with Crippen LogP contribution >= 0.6 is 0 Å². The summed E-state index contributed by atoms with van der Waals surface area (Å²) in [5.41, 5.74) is 4.39. The molecule has 2 amide bonds. The van der Waals surface area contributed by atoms with Gasteiger partial charge >= 0.3 is 0 Å². The molecular weight excluding hydrogens is 438 g/mol. The third-order valence-corrected chi connectivity index (χ3v) is 7.47. The van der Waals surface area contributed by atoms with Gasteiger partial charge in [-0.2, -0.15) is 0 Å². The lowest BCUT2D eigenvalue weighted by Gasteiger charge is -2.23. The Bertz CT molecular complexity index is 1230. The first-order valence-electron chi connectivity index (χ1n) is 12.8. The number of ether oxygens (including phenoxy) is 1. The Labute approximate surface area is 207 Å². The normalized spacial score (nSPS) is 20.4. The van der Waals surface area contributed by atoms with E-state index in [1.807, 2.05) is 30.3 Å². The molecule has 1 aromatic heterocycles. The zero-order valence-corrected chi connectivity index (χ0v) is 20.7. The zero-order chi connectivity index (χ0) is 24.4. The Morgan fingerprint density at radius 2 is 1.91 bits per heavy atom. The average Bonchev–Trinajstić information content (AvgIpc) is 3.59. The molecule has 1 unspecified atom stereocenters. The molecule has 0 bridgehead atoms. The van der Waals surface area contributed by atoms with Gasteiger partial charge in [0.15, 0.2) is 0 Å². The van der Waals surface area contributed by atoms with Crippen LogP contribution in [-0.2, 0) is 16.1 Å². The van der Waals surface area contributed by atoms with Gasteiger partial charge in [0.05, 0.1) is 5.60 Å². The van der Waals surface area contributed by atoms with E-state index in [0.717, 1.165) is 67.3 Å². The molecule has 1 aliphatic carbocycles. The van der Waals surface area contributed by atoms with Crippen molar-refractivity contribution in [2.45, 2.75) is 64.5 Å². The van der Waals surface area contributed by atoms with Gasteiger partial charge in [0.2, 0.25) is 5.91 Å². The summed E-state index contributed by atoms with van der Waals surface area (Å²) >= 11 is 0. The minimum Gasteiger partial charge on any atom is -0.373 e. The van der Waals surface area contributed by atoms with Crippen LogP contribution in [0.25, 0.3) is 10.9 Å². The van der Waals surface area contributed by atoms with Crippen molar-refractivity contribution in [1.29, 1.82) is 0 Å². The molecule has 2 fully saturated rings. The average molecular weight is 474 g/mol. The number of amides is 2. The van der Waals surface area contributed by atoms with Crippen LogP contribution in [0.4, 0.5) is 5.69 Å². The maximum atomic E-state index is 13.4. The van der Waals surface area contributed by atoms with Gasteiger partial charge in [0, 0.05) is 42.2 Å². The summed E-state index contributed by atoms with van der Waals surface area (Å²) in [7, 11) is 0. The fraction of sp³-hybridized carbons (Fsp3) is 0.448. The van der Waals surface area contributed by atoms with E-state index in [1.54, 1.807) is 0 Å². The third-order valence-electron chi connectivity index (χ3n) is 7.47. The standard InChI is InChI=1S/C29H35N3O3/c1-20-7-5-8-21(15-20)18-32-25-12-11-24(31-27(33)22-9-3-4-10-22)16-23(25)17-26(32)28(34)30-19-29(2)13-6-14-35-29/h5,7-8,11-12,15-17,22H,3-4,6,9-10,13-14,18-19H2,1-2H3,(H,30,34)(H,31,33). The molecule has 1 saturated heterocycles. The Balaban J connectivity index is 1.44. The van der Waals surface area contributed by atoms with Gasteiger partial charge in [-0.15, -0.1) is 0 Å². The summed E-state index contributed by atoms with van der Waals surface area (Å²) in [6, 6.07) is 16.2. The summed E-state index contributed by atoms with van der Waals surface area (Å²) in [4.78, 5) is 26.0. The Morgan fingerprint density at radius 1 is 1.09 bits per heavy atom. The quantitative estimate of drug-likeness (QED) is 0.481. The molecule has 1 saturated carbocycles. The van der Waals surface area contributed by atoms with E-state index in [-0.39, 0.29) is 23.3 Å². The van der Waals surface area contributed by atoms with Crippen molar-refractivity contribution in [1.82, 2.24) is 9.88 Å². The summed E-state index contributed by atoms with van der Waals surface area (Å²) < 4.78 is 7.93. The molecule has 5 rings (SSSR count). The molecule has 2 aliphatic rings. The molecule has 0 radical (unpaired) electrons. The molecule has 3 aromatic rings. The highest BCUT2D eigenvalue weighted by Gasteiger charge is 2.30. The molecule has 2 aromatic carbocycles. The fourth-order valence-corrected chi connectivity index (χ4v) is 5.47. The molecule has 6 heteroatoms. The van der Waals surface area contributed by atoms with Crippen LogP contribution in [0.2, 0.25) is 0 Å². The van der Waals surface area contributed by atoms with Gasteiger partial charge < -0.3 is 19.9 Å². The van der Waals surface area contributed by atoms with Crippen LogP contribution in [0.5, 0.6) is 0 Å². The second-order valence-electron chi connectivity index (χ2n) is 10.4. The molecule has 184 valence electrons. The highest BCUT2D eigenvalue weighted by molar-refractivity contribution is 6.01. The van der Waals surface area contributed by atoms with Gasteiger partial charge in [-0.25, -0.2) is 0 Å². The SMILES string of the molecule is Cc1cccc(Cn2c(C(=O)NCC3(C)CCCO3)cc3cc(NC(=O)C4CCCC4)ccc32)c1. The number of hydrogen-bond donors (Lipinski definition) is 2. The number of aryl methyl sites for hydroxylation is 1. The van der Waals surface area contributed by atoms with Crippen molar-refractivity contribution in [3.63, 3.8) is 0 Å². The third kappa shape index (κ3) is 5.27. The van der Waals surface area contributed by atoms with Crippen LogP contribution in [0.1, 0.15) is 67.1 Å². The molecule has 2 heterocycles. The Kier molecular flexibility index (Phi) is 6.65. The van der Waals surface area contributed by atoms with Crippen LogP contribution in [-0.4, -0.2) is 35.1 Å². The predicted octanol–water partition coefficient (Wildman–Crippen LogP) is 5.43. The molecule has 2 N–H and O–H groups in total. The van der Waals surface area contributed by atoms with Crippen molar-refractivity contribution < 1.29 is 14.3 Å². The summed E-state index contributed by atoms with van der Waals surface area (Å²) in [6.45, 7) is 5.96. The van der Waals surface area contributed by atoms with E-state index in [9.17, 15) is 9.59 Å². The van der Waals surface area contributed by atoms with Gasteiger partial charge in [-0.05, 0) is 69.4 Å². The zero-order valence-electron chi connectivity index (χ0n) is 20.7. The smallest absolute Gasteiger partial charge is 0.268 e. The minimum atomic E-state index is -0.305. The number of aromatic nitrogens is 1. The van der Waals surface area contributed by atoms with E-state index in [2.05, 4.69) is 47.2 Å². The van der Waals surface area contributed by atoms with Gasteiger partial charge in [-0.1, -0.05) is 42.7 Å². The molecule has 1 atom stereocenters. The molecule has 6 nitrogen and oxygen atoms in total. The number of hydrogen-bond acceptors (Lipinski definition) is 3. The first kappa shape index (κ1) is 23.6. The number of anilines is 1. The second-order valence-corrected chi connectivity index (χ2v) is 10.4. The van der Waals surface area contributed by atoms with Crippen LogP contribution in [0.3, 0.4) is 0 Å². The lowest BCUT2D eigenvalue weighted by atomic mass is 10.0.